The molecule has 4 N–H and O–H groups in total. The number of anilines is 1. The number of benzene rings is 1. The lowest BCUT2D eigenvalue weighted by Gasteiger charge is -2.17. The van der Waals surface area contributed by atoms with Gasteiger partial charge in [0.05, 0.1) is 4.90 Å². The fraction of sp³-hybridized carbons (Fsp3) is 0.214. The first-order chi connectivity index (χ1) is 10.1. The summed E-state index contributed by atoms with van der Waals surface area (Å²) in [6, 6.07) is 12.0. The van der Waals surface area contributed by atoms with Gasteiger partial charge in [-0.2, -0.15) is 0 Å². The van der Waals surface area contributed by atoms with E-state index in [2.05, 4.69) is 15.1 Å². The van der Waals surface area contributed by atoms with Crippen LogP contribution in [-0.2, 0) is 10.0 Å². The van der Waals surface area contributed by atoms with Crippen molar-refractivity contribution < 1.29 is 8.42 Å². The number of pyridine rings is 1. The number of rotatable bonds is 6. The van der Waals surface area contributed by atoms with Gasteiger partial charge in [-0.05, 0) is 18.1 Å². The molecule has 0 saturated heterocycles. The SMILES string of the molecule is CCC(NS(=O)(=O)c1ccnc(NN)c1)c1ccccc1. The Morgan fingerprint density at radius 2 is 1.95 bits per heavy atom. The molecule has 0 spiro atoms. The quantitative estimate of drug-likeness (QED) is 0.558. The first-order valence-corrected chi connectivity index (χ1v) is 8.05. The summed E-state index contributed by atoms with van der Waals surface area (Å²) >= 11 is 0. The van der Waals surface area contributed by atoms with E-state index in [1.54, 1.807) is 0 Å². The molecule has 7 heteroatoms. The van der Waals surface area contributed by atoms with Gasteiger partial charge < -0.3 is 5.43 Å². The van der Waals surface area contributed by atoms with E-state index in [-0.39, 0.29) is 10.9 Å². The molecule has 0 saturated carbocycles. The maximum atomic E-state index is 12.4. The summed E-state index contributed by atoms with van der Waals surface area (Å²) in [6.45, 7) is 1.93. The molecule has 0 aliphatic heterocycles. The summed E-state index contributed by atoms with van der Waals surface area (Å²) in [6.07, 6.45) is 2.05. The second kappa shape index (κ2) is 6.66. The molecule has 0 fully saturated rings. The first kappa shape index (κ1) is 15.4. The highest BCUT2D eigenvalue weighted by atomic mass is 32.2. The predicted octanol–water partition coefficient (Wildman–Crippen LogP) is 1.80. The van der Waals surface area contributed by atoms with E-state index in [4.69, 9.17) is 5.84 Å². The molecule has 0 aliphatic carbocycles. The van der Waals surface area contributed by atoms with Crippen LogP contribution in [0.1, 0.15) is 24.9 Å². The highest BCUT2D eigenvalue weighted by Crippen LogP contribution is 2.20. The molecule has 112 valence electrons. The zero-order chi connectivity index (χ0) is 15.3. The largest absolute Gasteiger partial charge is 0.308 e. The van der Waals surface area contributed by atoms with Crippen molar-refractivity contribution in [2.24, 2.45) is 5.84 Å². The maximum absolute atomic E-state index is 12.4. The third-order valence-corrected chi connectivity index (χ3v) is 4.57. The molecule has 0 aliphatic rings. The number of hydrogen-bond donors (Lipinski definition) is 3. The molecule has 1 heterocycles. The summed E-state index contributed by atoms with van der Waals surface area (Å²) in [5, 5.41) is 0. The Bertz CT molecular complexity index is 689. The van der Waals surface area contributed by atoms with Crippen LogP contribution < -0.4 is 16.0 Å². The van der Waals surface area contributed by atoms with Gasteiger partial charge in [-0.15, -0.1) is 0 Å². The minimum Gasteiger partial charge on any atom is -0.308 e. The highest BCUT2D eigenvalue weighted by Gasteiger charge is 2.20. The maximum Gasteiger partial charge on any atom is 0.241 e. The summed E-state index contributed by atoms with van der Waals surface area (Å²) in [7, 11) is -3.64. The van der Waals surface area contributed by atoms with Crippen LogP contribution in [0, 0.1) is 0 Å². The fourth-order valence-corrected chi connectivity index (χ4v) is 3.31. The number of hydrogen-bond acceptors (Lipinski definition) is 5. The van der Waals surface area contributed by atoms with Crippen LogP contribution in [0.2, 0.25) is 0 Å². The van der Waals surface area contributed by atoms with Crippen molar-refractivity contribution in [1.29, 1.82) is 0 Å². The fourth-order valence-electron chi connectivity index (χ4n) is 1.98. The monoisotopic (exact) mass is 306 g/mol. The van der Waals surface area contributed by atoms with E-state index < -0.39 is 10.0 Å². The summed E-state index contributed by atoms with van der Waals surface area (Å²) in [5.41, 5.74) is 3.26. The normalized spacial score (nSPS) is 12.9. The van der Waals surface area contributed by atoms with Gasteiger partial charge in [0, 0.05) is 18.3 Å². The first-order valence-electron chi connectivity index (χ1n) is 6.56. The molecule has 21 heavy (non-hydrogen) atoms. The lowest BCUT2D eigenvalue weighted by atomic mass is 10.1. The number of nitrogens with one attached hydrogen (secondary N) is 2. The highest BCUT2D eigenvalue weighted by molar-refractivity contribution is 7.89. The van der Waals surface area contributed by atoms with Crippen molar-refractivity contribution in [1.82, 2.24) is 9.71 Å². The second-order valence-electron chi connectivity index (χ2n) is 4.51. The molecular weight excluding hydrogens is 288 g/mol. The number of aromatic nitrogens is 1. The van der Waals surface area contributed by atoms with Gasteiger partial charge in [-0.1, -0.05) is 37.3 Å². The minimum absolute atomic E-state index is 0.125. The Labute approximate surface area is 124 Å². The van der Waals surface area contributed by atoms with Crippen LogP contribution in [0.4, 0.5) is 5.82 Å². The molecule has 2 aromatic rings. The summed E-state index contributed by atoms with van der Waals surface area (Å²) in [4.78, 5) is 4.03. The van der Waals surface area contributed by atoms with Crippen LogP contribution in [0.5, 0.6) is 0 Å². The van der Waals surface area contributed by atoms with Gasteiger partial charge in [0.2, 0.25) is 10.0 Å². The number of hydrazine groups is 1. The Morgan fingerprint density at radius 3 is 2.57 bits per heavy atom. The number of sulfonamides is 1. The molecule has 2 rings (SSSR count). The lowest BCUT2D eigenvalue weighted by molar-refractivity contribution is 0.550. The van der Waals surface area contributed by atoms with Crippen molar-refractivity contribution >= 4 is 15.8 Å². The summed E-state index contributed by atoms with van der Waals surface area (Å²) in [5.74, 6) is 5.55. The minimum atomic E-state index is -3.64. The standard InChI is InChI=1S/C14H18N4O2S/c1-2-13(11-6-4-3-5-7-11)18-21(19,20)12-8-9-16-14(10-12)17-15/h3-10,13,18H,2,15H2,1H3,(H,16,17). The van der Waals surface area contributed by atoms with Crippen molar-refractivity contribution in [3.8, 4) is 0 Å². The lowest BCUT2D eigenvalue weighted by Crippen LogP contribution is -2.28. The molecule has 1 unspecified atom stereocenters. The third-order valence-electron chi connectivity index (χ3n) is 3.10. The van der Waals surface area contributed by atoms with E-state index >= 15 is 0 Å². The van der Waals surface area contributed by atoms with Crippen molar-refractivity contribution in [2.75, 3.05) is 5.43 Å². The van der Waals surface area contributed by atoms with Crippen molar-refractivity contribution in [3.05, 3.63) is 54.2 Å². The Hall–Kier alpha value is -1.96. The van der Waals surface area contributed by atoms with Crippen LogP contribution in [0.25, 0.3) is 0 Å². The Balaban J connectivity index is 2.27. The van der Waals surface area contributed by atoms with E-state index in [0.717, 1.165) is 5.56 Å². The molecule has 1 aromatic heterocycles. The zero-order valence-electron chi connectivity index (χ0n) is 11.7. The van der Waals surface area contributed by atoms with Crippen LogP contribution in [0.15, 0.2) is 53.6 Å². The van der Waals surface area contributed by atoms with Gasteiger partial charge in [-0.3, -0.25) is 0 Å². The van der Waals surface area contributed by atoms with Crippen LogP contribution in [-0.4, -0.2) is 13.4 Å². The van der Waals surface area contributed by atoms with E-state index in [1.807, 2.05) is 37.3 Å². The molecule has 1 atom stereocenters. The molecule has 6 nitrogen and oxygen atoms in total. The van der Waals surface area contributed by atoms with Gasteiger partial charge in [-0.25, -0.2) is 24.0 Å². The molecule has 0 bridgehead atoms. The predicted molar refractivity (Wildman–Crippen MR) is 81.8 cm³/mol. The van der Waals surface area contributed by atoms with E-state index in [0.29, 0.717) is 12.2 Å². The Morgan fingerprint density at radius 1 is 1.24 bits per heavy atom. The summed E-state index contributed by atoms with van der Waals surface area (Å²) < 4.78 is 27.6. The van der Waals surface area contributed by atoms with Gasteiger partial charge in [0.25, 0.3) is 0 Å². The Kier molecular flexibility index (Phi) is 4.89. The molecule has 0 radical (unpaired) electrons. The number of nitrogens with zero attached hydrogens (tertiary/aromatic N) is 1. The van der Waals surface area contributed by atoms with E-state index in [1.165, 1.54) is 18.3 Å². The second-order valence-corrected chi connectivity index (χ2v) is 6.23. The van der Waals surface area contributed by atoms with Crippen molar-refractivity contribution in [3.63, 3.8) is 0 Å². The van der Waals surface area contributed by atoms with Crippen LogP contribution >= 0.6 is 0 Å². The molecule has 1 aromatic carbocycles. The number of nitrogen functional groups attached to an aromatic ring is 1. The van der Waals surface area contributed by atoms with Crippen LogP contribution in [0.3, 0.4) is 0 Å². The average Bonchev–Trinajstić information content (AvgIpc) is 2.53. The van der Waals surface area contributed by atoms with Gasteiger partial charge in [0.15, 0.2) is 0 Å². The molecule has 0 amide bonds. The van der Waals surface area contributed by atoms with Gasteiger partial charge in [0.1, 0.15) is 5.82 Å². The van der Waals surface area contributed by atoms with Crippen molar-refractivity contribution in [2.45, 2.75) is 24.3 Å². The topological polar surface area (TPSA) is 97.1 Å². The smallest absolute Gasteiger partial charge is 0.241 e. The third kappa shape index (κ3) is 3.78. The molecular formula is C14H18N4O2S. The van der Waals surface area contributed by atoms with E-state index in [9.17, 15) is 8.42 Å². The number of nitrogens with two attached hydrogens (primary N) is 1. The van der Waals surface area contributed by atoms with Gasteiger partial charge >= 0.3 is 0 Å². The average molecular weight is 306 g/mol. The zero-order valence-corrected chi connectivity index (χ0v) is 12.5.